The summed E-state index contributed by atoms with van der Waals surface area (Å²) in [5, 5.41) is 16.8. The van der Waals surface area contributed by atoms with Gasteiger partial charge in [-0.3, -0.25) is 10.1 Å². The van der Waals surface area contributed by atoms with Crippen LogP contribution in [0.1, 0.15) is 12.8 Å². The van der Waals surface area contributed by atoms with Crippen molar-refractivity contribution in [1.82, 2.24) is 14.9 Å². The lowest BCUT2D eigenvalue weighted by Gasteiger charge is -2.16. The predicted molar refractivity (Wildman–Crippen MR) is 72.4 cm³/mol. The third kappa shape index (κ3) is 3.28. The van der Waals surface area contributed by atoms with Crippen molar-refractivity contribution in [2.75, 3.05) is 37.8 Å². The first-order valence-electron chi connectivity index (χ1n) is 6.24. The topological polar surface area (TPSA) is 96.2 Å². The molecule has 0 atom stereocenters. The van der Waals surface area contributed by atoms with Gasteiger partial charge < -0.3 is 15.5 Å². The second-order valence-electron chi connectivity index (χ2n) is 4.57. The van der Waals surface area contributed by atoms with Crippen LogP contribution < -0.4 is 10.6 Å². The van der Waals surface area contributed by atoms with Crippen LogP contribution in [0.3, 0.4) is 0 Å². The molecule has 104 valence electrons. The molecule has 0 saturated heterocycles. The smallest absolute Gasteiger partial charge is 0.353 e. The molecule has 0 spiro atoms. The molecule has 0 bridgehead atoms. The average molecular weight is 266 g/mol. The van der Waals surface area contributed by atoms with Gasteiger partial charge in [-0.05, 0) is 19.9 Å². The summed E-state index contributed by atoms with van der Waals surface area (Å²) in [5.74, 6) is 0.478. The summed E-state index contributed by atoms with van der Waals surface area (Å²) in [6.45, 7) is 1.45. The first kappa shape index (κ1) is 13.5. The monoisotopic (exact) mass is 266 g/mol. The standard InChI is InChI=1S/C11H18N6O2/c1-12-10-9(17(18)19)11(15-7-14-10)13-5-6-16(2)8-3-4-8/h7-8H,3-6H2,1-2H3,(H2,12,13,14,15). The molecule has 0 radical (unpaired) electrons. The quantitative estimate of drug-likeness (QED) is 0.559. The predicted octanol–water partition coefficient (Wildman–Crippen LogP) is 0.933. The summed E-state index contributed by atoms with van der Waals surface area (Å²) < 4.78 is 0. The van der Waals surface area contributed by atoms with Crippen molar-refractivity contribution in [2.45, 2.75) is 18.9 Å². The van der Waals surface area contributed by atoms with Gasteiger partial charge in [0.2, 0.25) is 11.6 Å². The molecule has 19 heavy (non-hydrogen) atoms. The van der Waals surface area contributed by atoms with E-state index in [-0.39, 0.29) is 17.3 Å². The number of nitrogens with zero attached hydrogens (tertiary/aromatic N) is 4. The van der Waals surface area contributed by atoms with Crippen LogP contribution in [0, 0.1) is 10.1 Å². The number of anilines is 2. The number of hydrogen-bond acceptors (Lipinski definition) is 7. The maximum absolute atomic E-state index is 11.1. The Kier molecular flexibility index (Phi) is 4.10. The van der Waals surface area contributed by atoms with E-state index in [1.54, 1.807) is 7.05 Å². The molecule has 8 nitrogen and oxygen atoms in total. The van der Waals surface area contributed by atoms with E-state index in [2.05, 4.69) is 32.5 Å². The Morgan fingerprint density at radius 2 is 2.16 bits per heavy atom. The fraction of sp³-hybridized carbons (Fsp3) is 0.636. The van der Waals surface area contributed by atoms with Crippen molar-refractivity contribution in [3.8, 4) is 0 Å². The van der Waals surface area contributed by atoms with Crippen molar-refractivity contribution in [2.24, 2.45) is 0 Å². The highest BCUT2D eigenvalue weighted by Crippen LogP contribution is 2.28. The van der Waals surface area contributed by atoms with E-state index in [1.165, 1.54) is 19.2 Å². The molecule has 0 unspecified atom stereocenters. The maximum atomic E-state index is 11.1. The highest BCUT2D eigenvalue weighted by Gasteiger charge is 2.26. The van der Waals surface area contributed by atoms with Crippen LogP contribution in [0.15, 0.2) is 6.33 Å². The molecule has 1 aromatic rings. The van der Waals surface area contributed by atoms with Crippen LogP contribution in [0.25, 0.3) is 0 Å². The van der Waals surface area contributed by atoms with E-state index in [4.69, 9.17) is 0 Å². The molecule has 2 rings (SSSR count). The normalized spacial score (nSPS) is 14.5. The molecular formula is C11H18N6O2. The van der Waals surface area contributed by atoms with Gasteiger partial charge in [-0.2, -0.15) is 0 Å². The largest absolute Gasteiger partial charge is 0.367 e. The van der Waals surface area contributed by atoms with E-state index in [1.807, 2.05) is 0 Å². The number of nitrogens with one attached hydrogen (secondary N) is 2. The Morgan fingerprint density at radius 1 is 1.47 bits per heavy atom. The molecule has 1 aliphatic carbocycles. The fourth-order valence-electron chi connectivity index (χ4n) is 1.91. The molecule has 8 heteroatoms. The van der Waals surface area contributed by atoms with Gasteiger partial charge in [-0.25, -0.2) is 9.97 Å². The molecular weight excluding hydrogens is 248 g/mol. The summed E-state index contributed by atoms with van der Waals surface area (Å²) in [7, 11) is 3.66. The molecule has 1 heterocycles. The van der Waals surface area contributed by atoms with Gasteiger partial charge in [0.05, 0.1) is 4.92 Å². The van der Waals surface area contributed by atoms with Crippen LogP contribution in [0.4, 0.5) is 17.3 Å². The molecule has 1 saturated carbocycles. The Hall–Kier alpha value is -1.96. The molecule has 0 aliphatic heterocycles. The van der Waals surface area contributed by atoms with Crippen LogP contribution in [0.2, 0.25) is 0 Å². The molecule has 0 amide bonds. The maximum Gasteiger partial charge on any atom is 0.353 e. The highest BCUT2D eigenvalue weighted by molar-refractivity contribution is 5.68. The third-order valence-corrected chi connectivity index (χ3v) is 3.17. The first-order chi connectivity index (χ1) is 9.13. The number of likely N-dealkylation sites (N-methyl/N-ethyl adjacent to an activating group) is 1. The lowest BCUT2D eigenvalue weighted by atomic mass is 10.4. The van der Waals surface area contributed by atoms with E-state index < -0.39 is 4.92 Å². The Morgan fingerprint density at radius 3 is 2.74 bits per heavy atom. The van der Waals surface area contributed by atoms with Crippen LogP contribution >= 0.6 is 0 Å². The van der Waals surface area contributed by atoms with Crippen LogP contribution in [-0.2, 0) is 0 Å². The third-order valence-electron chi connectivity index (χ3n) is 3.17. The summed E-state index contributed by atoms with van der Waals surface area (Å²) in [4.78, 5) is 20.6. The first-order valence-corrected chi connectivity index (χ1v) is 6.24. The summed E-state index contributed by atoms with van der Waals surface area (Å²) in [6, 6.07) is 0.676. The zero-order valence-electron chi connectivity index (χ0n) is 11.1. The van der Waals surface area contributed by atoms with Crippen molar-refractivity contribution < 1.29 is 4.92 Å². The molecule has 1 fully saturated rings. The summed E-state index contributed by atoms with van der Waals surface area (Å²) in [5.41, 5.74) is -0.112. The Bertz CT molecular complexity index is 462. The Balaban J connectivity index is 2.00. The summed E-state index contributed by atoms with van der Waals surface area (Å²) >= 11 is 0. The van der Waals surface area contributed by atoms with Crippen molar-refractivity contribution in [3.05, 3.63) is 16.4 Å². The van der Waals surface area contributed by atoms with Crippen molar-refractivity contribution in [1.29, 1.82) is 0 Å². The van der Waals surface area contributed by atoms with Gasteiger partial charge in [0, 0.05) is 26.2 Å². The van der Waals surface area contributed by atoms with Crippen molar-refractivity contribution in [3.63, 3.8) is 0 Å². The SMILES string of the molecule is CNc1ncnc(NCCN(C)C2CC2)c1[N+](=O)[O-]. The molecule has 1 aromatic heterocycles. The van der Waals surface area contributed by atoms with Crippen LogP contribution in [0.5, 0.6) is 0 Å². The van der Waals surface area contributed by atoms with E-state index in [0.717, 1.165) is 6.54 Å². The number of rotatable bonds is 7. The van der Waals surface area contributed by atoms with E-state index in [9.17, 15) is 10.1 Å². The minimum Gasteiger partial charge on any atom is -0.367 e. The van der Waals surface area contributed by atoms with Crippen molar-refractivity contribution >= 4 is 17.3 Å². The number of hydrogen-bond donors (Lipinski definition) is 2. The molecule has 1 aliphatic rings. The second kappa shape index (κ2) is 5.79. The van der Waals surface area contributed by atoms with Gasteiger partial charge >= 0.3 is 5.69 Å². The van der Waals surface area contributed by atoms with Gasteiger partial charge in [-0.15, -0.1) is 0 Å². The van der Waals surface area contributed by atoms with Gasteiger partial charge in [0.15, 0.2) is 0 Å². The highest BCUT2D eigenvalue weighted by atomic mass is 16.6. The van der Waals surface area contributed by atoms with Gasteiger partial charge in [-0.1, -0.05) is 0 Å². The second-order valence-corrected chi connectivity index (χ2v) is 4.57. The molecule has 2 N–H and O–H groups in total. The fourth-order valence-corrected chi connectivity index (χ4v) is 1.91. The number of aromatic nitrogens is 2. The minimum absolute atomic E-state index is 0.112. The minimum atomic E-state index is -0.473. The Labute approximate surface area is 111 Å². The zero-order chi connectivity index (χ0) is 13.8. The average Bonchev–Trinajstić information content (AvgIpc) is 3.22. The lowest BCUT2D eigenvalue weighted by Crippen LogP contribution is -2.27. The lowest BCUT2D eigenvalue weighted by molar-refractivity contribution is -0.383. The van der Waals surface area contributed by atoms with E-state index in [0.29, 0.717) is 12.6 Å². The van der Waals surface area contributed by atoms with Gasteiger partial charge in [0.25, 0.3) is 0 Å². The molecule has 0 aromatic carbocycles. The zero-order valence-corrected chi connectivity index (χ0v) is 11.1. The van der Waals surface area contributed by atoms with Gasteiger partial charge in [0.1, 0.15) is 6.33 Å². The summed E-state index contributed by atoms with van der Waals surface area (Å²) in [6.07, 6.45) is 3.80. The number of nitro groups is 1. The van der Waals surface area contributed by atoms with Crippen LogP contribution in [-0.4, -0.2) is 53.0 Å². The van der Waals surface area contributed by atoms with E-state index >= 15 is 0 Å².